The van der Waals surface area contributed by atoms with Crippen molar-refractivity contribution in [3.8, 4) is 0 Å². The number of amides is 1. The van der Waals surface area contributed by atoms with Crippen LogP contribution in [0.25, 0.3) is 0 Å². The number of nitrogens with zero attached hydrogens (tertiary/aromatic N) is 1. The van der Waals surface area contributed by atoms with Gasteiger partial charge in [0, 0.05) is 24.6 Å². The van der Waals surface area contributed by atoms with Gasteiger partial charge >= 0.3 is 12.1 Å². The van der Waals surface area contributed by atoms with Crippen molar-refractivity contribution in [2.24, 2.45) is 5.92 Å². The molecule has 0 fully saturated rings. The van der Waals surface area contributed by atoms with Crippen LogP contribution in [0.2, 0.25) is 0 Å². The molecule has 5 nitrogen and oxygen atoms in total. The van der Waals surface area contributed by atoms with Gasteiger partial charge in [-0.05, 0) is 26.7 Å². The lowest BCUT2D eigenvalue weighted by atomic mass is 9.92. The van der Waals surface area contributed by atoms with Gasteiger partial charge in [-0.3, -0.25) is 0 Å². The molecule has 1 aliphatic heterocycles. The first-order valence-corrected chi connectivity index (χ1v) is 6.53. The molecule has 0 saturated carbocycles. The van der Waals surface area contributed by atoms with Gasteiger partial charge in [0.2, 0.25) is 0 Å². The Morgan fingerprint density at radius 3 is 2.42 bits per heavy atom. The minimum absolute atomic E-state index is 0.155. The van der Waals surface area contributed by atoms with Crippen LogP contribution in [0.1, 0.15) is 41.0 Å². The normalized spacial score (nSPS) is 20.2. The summed E-state index contributed by atoms with van der Waals surface area (Å²) in [7, 11) is 0. The van der Waals surface area contributed by atoms with Gasteiger partial charge in [0.1, 0.15) is 5.60 Å². The molecule has 0 radical (unpaired) electrons. The second-order valence-corrected chi connectivity index (χ2v) is 6.18. The predicted molar refractivity (Wildman–Crippen MR) is 71.9 cm³/mol. The maximum Gasteiger partial charge on any atom is 0.407 e. The lowest BCUT2D eigenvalue weighted by molar-refractivity contribution is -0.150. The van der Waals surface area contributed by atoms with Crippen molar-refractivity contribution >= 4 is 12.1 Å². The van der Waals surface area contributed by atoms with Crippen molar-refractivity contribution in [2.75, 3.05) is 6.54 Å². The molecule has 0 saturated heterocycles. The van der Waals surface area contributed by atoms with E-state index in [0.29, 0.717) is 12.0 Å². The summed E-state index contributed by atoms with van der Waals surface area (Å²) in [5, 5.41) is 9.15. The van der Waals surface area contributed by atoms with Gasteiger partial charge < -0.3 is 14.7 Å². The highest BCUT2D eigenvalue weighted by Gasteiger charge is 2.32. The van der Waals surface area contributed by atoms with Crippen molar-refractivity contribution in [2.45, 2.75) is 52.7 Å². The number of rotatable bonds is 2. The zero-order valence-corrected chi connectivity index (χ0v) is 12.3. The average Bonchev–Trinajstić information content (AvgIpc) is 2.25. The molecule has 108 valence electrons. The Hall–Kier alpha value is -1.52. The van der Waals surface area contributed by atoms with Gasteiger partial charge in [0.15, 0.2) is 0 Å². The second kappa shape index (κ2) is 5.63. The van der Waals surface area contributed by atoms with Gasteiger partial charge in [-0.25, -0.2) is 9.59 Å². The van der Waals surface area contributed by atoms with E-state index >= 15 is 0 Å². The summed E-state index contributed by atoms with van der Waals surface area (Å²) in [5.41, 5.74) is 0.0426. The Labute approximate surface area is 114 Å². The zero-order chi connectivity index (χ0) is 14.8. The smallest absolute Gasteiger partial charge is 0.407 e. The van der Waals surface area contributed by atoms with Crippen molar-refractivity contribution in [1.29, 1.82) is 0 Å². The molecule has 0 aromatic rings. The van der Waals surface area contributed by atoms with Crippen molar-refractivity contribution < 1.29 is 19.4 Å². The van der Waals surface area contributed by atoms with E-state index in [0.717, 1.165) is 0 Å². The van der Waals surface area contributed by atoms with Crippen LogP contribution in [0, 0.1) is 5.92 Å². The summed E-state index contributed by atoms with van der Waals surface area (Å²) in [5.74, 6) is -0.189. The number of hydrogen-bond acceptors (Lipinski definition) is 3. The van der Waals surface area contributed by atoms with E-state index in [1.165, 1.54) is 4.90 Å². The van der Waals surface area contributed by atoms with Crippen LogP contribution >= 0.6 is 0 Å². The molecule has 0 aromatic heterocycles. The Morgan fingerprint density at radius 1 is 1.42 bits per heavy atom. The van der Waals surface area contributed by atoms with E-state index in [2.05, 4.69) is 0 Å². The van der Waals surface area contributed by atoms with Crippen LogP contribution in [0.3, 0.4) is 0 Å². The third-order valence-electron chi connectivity index (χ3n) is 3.04. The fourth-order valence-electron chi connectivity index (χ4n) is 2.09. The second-order valence-electron chi connectivity index (χ2n) is 6.18. The summed E-state index contributed by atoms with van der Waals surface area (Å²) >= 11 is 0. The first-order valence-electron chi connectivity index (χ1n) is 6.53. The number of carbonyl (C=O) groups excluding carboxylic acids is 1. The fourth-order valence-corrected chi connectivity index (χ4v) is 2.09. The third-order valence-corrected chi connectivity index (χ3v) is 3.04. The van der Waals surface area contributed by atoms with E-state index in [-0.39, 0.29) is 24.5 Å². The van der Waals surface area contributed by atoms with Crippen LogP contribution in [0.5, 0.6) is 0 Å². The highest BCUT2D eigenvalue weighted by Crippen LogP contribution is 2.25. The van der Waals surface area contributed by atoms with Crippen LogP contribution in [-0.4, -0.2) is 40.3 Å². The molecule has 1 N–H and O–H groups in total. The quantitative estimate of drug-likeness (QED) is 0.783. The Kier molecular flexibility index (Phi) is 4.61. The lowest BCUT2D eigenvalue weighted by Gasteiger charge is -2.35. The summed E-state index contributed by atoms with van der Waals surface area (Å²) in [6.07, 6.45) is 1.12. The van der Waals surface area contributed by atoms with Crippen LogP contribution in [0.15, 0.2) is 11.6 Å². The van der Waals surface area contributed by atoms with E-state index in [1.807, 2.05) is 34.6 Å². The van der Waals surface area contributed by atoms with E-state index in [9.17, 15) is 9.59 Å². The number of ether oxygens (including phenoxy) is 1. The van der Waals surface area contributed by atoms with E-state index in [1.54, 1.807) is 6.08 Å². The van der Waals surface area contributed by atoms with Crippen molar-refractivity contribution in [1.82, 2.24) is 4.90 Å². The SMILES string of the molecule is CC(C)[C@@H]1CC(C(=O)OC(C)(C)C)=CCN1C(=O)O. The van der Waals surface area contributed by atoms with Crippen molar-refractivity contribution in [3.63, 3.8) is 0 Å². The molecule has 1 heterocycles. The molecule has 1 rings (SSSR count). The molecule has 1 atom stereocenters. The predicted octanol–water partition coefficient (Wildman–Crippen LogP) is 2.66. The van der Waals surface area contributed by atoms with Crippen LogP contribution in [0.4, 0.5) is 4.79 Å². The maximum atomic E-state index is 12.0. The molecule has 0 bridgehead atoms. The molecule has 0 aromatic carbocycles. The highest BCUT2D eigenvalue weighted by molar-refractivity contribution is 5.89. The number of esters is 1. The number of carboxylic acid groups (broad SMARTS) is 1. The highest BCUT2D eigenvalue weighted by atomic mass is 16.6. The topological polar surface area (TPSA) is 66.8 Å². The molecular formula is C14H23NO4. The maximum absolute atomic E-state index is 12.0. The third kappa shape index (κ3) is 4.26. The van der Waals surface area contributed by atoms with Gasteiger partial charge in [-0.1, -0.05) is 19.9 Å². The Morgan fingerprint density at radius 2 is 2.00 bits per heavy atom. The molecule has 0 unspecified atom stereocenters. The average molecular weight is 269 g/mol. The molecule has 1 amide bonds. The monoisotopic (exact) mass is 269 g/mol. The molecule has 0 aliphatic carbocycles. The minimum atomic E-state index is -0.946. The van der Waals surface area contributed by atoms with Gasteiger partial charge in [-0.15, -0.1) is 0 Å². The summed E-state index contributed by atoms with van der Waals surface area (Å²) < 4.78 is 5.33. The molecule has 19 heavy (non-hydrogen) atoms. The molecule has 1 aliphatic rings. The van der Waals surface area contributed by atoms with E-state index < -0.39 is 11.7 Å². The summed E-state index contributed by atoms with van der Waals surface area (Å²) in [4.78, 5) is 24.5. The molecule has 5 heteroatoms. The Balaban J connectivity index is 2.84. The largest absolute Gasteiger partial charge is 0.465 e. The van der Waals surface area contributed by atoms with E-state index in [4.69, 9.17) is 9.84 Å². The standard InChI is InChI=1S/C14H23NO4/c1-9(2)11-8-10(6-7-15(11)13(17)18)12(16)19-14(3,4)5/h6,9,11H,7-8H2,1-5H3,(H,17,18)/t11-/m0/s1. The number of carbonyl (C=O) groups is 2. The Bertz CT molecular complexity index is 393. The van der Waals surface area contributed by atoms with Crippen LogP contribution in [-0.2, 0) is 9.53 Å². The fraction of sp³-hybridized carbons (Fsp3) is 0.714. The van der Waals surface area contributed by atoms with Gasteiger partial charge in [-0.2, -0.15) is 0 Å². The first kappa shape index (κ1) is 15.5. The van der Waals surface area contributed by atoms with Crippen LogP contribution < -0.4 is 0 Å². The lowest BCUT2D eigenvalue weighted by Crippen LogP contribution is -2.46. The molecule has 0 spiro atoms. The summed E-state index contributed by atoms with van der Waals surface area (Å²) in [6, 6.07) is -0.176. The number of hydrogen-bond donors (Lipinski definition) is 1. The van der Waals surface area contributed by atoms with Gasteiger partial charge in [0.25, 0.3) is 0 Å². The minimum Gasteiger partial charge on any atom is -0.465 e. The first-order chi connectivity index (χ1) is 8.61. The zero-order valence-electron chi connectivity index (χ0n) is 12.3. The van der Waals surface area contributed by atoms with Crippen molar-refractivity contribution in [3.05, 3.63) is 11.6 Å². The van der Waals surface area contributed by atoms with Gasteiger partial charge in [0.05, 0.1) is 0 Å². The molecular weight excluding hydrogens is 246 g/mol. The summed E-state index contributed by atoms with van der Waals surface area (Å²) in [6.45, 7) is 9.61.